The van der Waals surface area contributed by atoms with E-state index >= 15 is 0 Å². The Morgan fingerprint density at radius 1 is 1.25 bits per heavy atom. The van der Waals surface area contributed by atoms with Gasteiger partial charge in [-0.2, -0.15) is 0 Å². The standard InChI is InChI=1S/C9H10BrF2NO2S/c10-5-7-1-3-8(4-2-7)16(14,15)13-6-9(11)12/h1-4,9,13H,5-6H2. The Bertz CT molecular complexity index is 433. The largest absolute Gasteiger partial charge is 0.251 e. The molecule has 0 radical (unpaired) electrons. The van der Waals surface area contributed by atoms with E-state index in [1.165, 1.54) is 12.1 Å². The summed E-state index contributed by atoms with van der Waals surface area (Å²) < 4.78 is 48.5. The summed E-state index contributed by atoms with van der Waals surface area (Å²) in [5.74, 6) is 0. The fourth-order valence-corrected chi connectivity index (χ4v) is 2.39. The van der Waals surface area contributed by atoms with Crippen LogP contribution in [0.25, 0.3) is 0 Å². The van der Waals surface area contributed by atoms with E-state index in [-0.39, 0.29) is 4.90 Å². The second kappa shape index (κ2) is 5.70. The van der Waals surface area contributed by atoms with Crippen LogP contribution in [-0.2, 0) is 15.4 Å². The molecule has 0 unspecified atom stereocenters. The van der Waals surface area contributed by atoms with Gasteiger partial charge in [-0.25, -0.2) is 21.9 Å². The summed E-state index contributed by atoms with van der Waals surface area (Å²) in [6.07, 6.45) is -2.70. The summed E-state index contributed by atoms with van der Waals surface area (Å²) in [6.45, 7) is -0.872. The number of hydrogen-bond acceptors (Lipinski definition) is 2. The van der Waals surface area contributed by atoms with E-state index in [9.17, 15) is 17.2 Å². The third kappa shape index (κ3) is 3.80. The van der Waals surface area contributed by atoms with E-state index in [1.807, 2.05) is 4.72 Å². The highest BCUT2D eigenvalue weighted by Crippen LogP contribution is 2.12. The molecule has 0 aliphatic carbocycles. The number of hydrogen-bond donors (Lipinski definition) is 1. The Balaban J connectivity index is 2.82. The van der Waals surface area contributed by atoms with Crippen LogP contribution >= 0.6 is 15.9 Å². The molecular weight excluding hydrogens is 304 g/mol. The Hall–Kier alpha value is -0.530. The lowest BCUT2D eigenvalue weighted by atomic mass is 10.2. The van der Waals surface area contributed by atoms with Gasteiger partial charge in [0.25, 0.3) is 6.43 Å². The van der Waals surface area contributed by atoms with Gasteiger partial charge in [0.2, 0.25) is 10.0 Å². The molecular formula is C9H10BrF2NO2S. The Kier molecular flexibility index (Phi) is 4.82. The quantitative estimate of drug-likeness (QED) is 0.846. The van der Waals surface area contributed by atoms with Crippen molar-refractivity contribution in [2.24, 2.45) is 0 Å². The van der Waals surface area contributed by atoms with Gasteiger partial charge in [-0.05, 0) is 17.7 Å². The van der Waals surface area contributed by atoms with Crippen LogP contribution in [-0.4, -0.2) is 21.4 Å². The zero-order chi connectivity index (χ0) is 12.2. The lowest BCUT2D eigenvalue weighted by Gasteiger charge is -2.06. The number of nitrogens with one attached hydrogen (secondary N) is 1. The van der Waals surface area contributed by atoms with Gasteiger partial charge in [0.1, 0.15) is 0 Å². The van der Waals surface area contributed by atoms with E-state index < -0.39 is 23.0 Å². The van der Waals surface area contributed by atoms with Crippen LogP contribution in [0.5, 0.6) is 0 Å². The zero-order valence-corrected chi connectivity index (χ0v) is 10.6. The molecule has 0 amide bonds. The lowest BCUT2D eigenvalue weighted by molar-refractivity contribution is 0.153. The molecule has 1 N–H and O–H groups in total. The predicted octanol–water partition coefficient (Wildman–Crippen LogP) is 2.12. The van der Waals surface area contributed by atoms with Gasteiger partial charge in [0, 0.05) is 5.33 Å². The summed E-state index contributed by atoms with van der Waals surface area (Å²) >= 11 is 3.22. The smallest absolute Gasteiger partial charge is 0.209 e. The van der Waals surface area contributed by atoms with Crippen molar-refractivity contribution < 1.29 is 17.2 Å². The topological polar surface area (TPSA) is 46.2 Å². The van der Waals surface area contributed by atoms with E-state index in [2.05, 4.69) is 15.9 Å². The van der Waals surface area contributed by atoms with Crippen LogP contribution in [0.15, 0.2) is 29.2 Å². The Morgan fingerprint density at radius 2 is 1.81 bits per heavy atom. The fraction of sp³-hybridized carbons (Fsp3) is 0.333. The van der Waals surface area contributed by atoms with E-state index in [0.29, 0.717) is 5.33 Å². The van der Waals surface area contributed by atoms with Crippen LogP contribution < -0.4 is 4.72 Å². The summed E-state index contributed by atoms with van der Waals surface area (Å²) in [7, 11) is -3.83. The predicted molar refractivity (Wildman–Crippen MR) is 60.3 cm³/mol. The first-order chi connectivity index (χ1) is 7.45. The van der Waals surface area contributed by atoms with Crippen molar-refractivity contribution in [3.05, 3.63) is 29.8 Å². The summed E-state index contributed by atoms with van der Waals surface area (Å²) in [5, 5.41) is 0.609. The van der Waals surface area contributed by atoms with Crippen molar-refractivity contribution in [2.75, 3.05) is 6.54 Å². The van der Waals surface area contributed by atoms with Gasteiger partial charge < -0.3 is 0 Å². The first-order valence-electron chi connectivity index (χ1n) is 4.38. The van der Waals surface area contributed by atoms with Crippen LogP contribution in [0.1, 0.15) is 5.56 Å². The molecule has 0 spiro atoms. The molecule has 0 aliphatic heterocycles. The Labute approximate surface area is 101 Å². The molecule has 0 saturated heterocycles. The third-order valence-electron chi connectivity index (χ3n) is 1.82. The van der Waals surface area contributed by atoms with Crippen molar-refractivity contribution in [1.82, 2.24) is 4.72 Å². The van der Waals surface area contributed by atoms with Crippen molar-refractivity contribution >= 4 is 26.0 Å². The van der Waals surface area contributed by atoms with Crippen molar-refractivity contribution in [3.63, 3.8) is 0 Å². The van der Waals surface area contributed by atoms with Crippen molar-refractivity contribution in [3.8, 4) is 0 Å². The minimum absolute atomic E-state index is 0.0159. The van der Waals surface area contributed by atoms with Gasteiger partial charge in [0.15, 0.2) is 0 Å². The lowest BCUT2D eigenvalue weighted by Crippen LogP contribution is -2.28. The Morgan fingerprint density at radius 3 is 2.25 bits per heavy atom. The molecule has 0 aromatic heterocycles. The van der Waals surface area contributed by atoms with Gasteiger partial charge in [-0.3, -0.25) is 0 Å². The van der Waals surface area contributed by atoms with E-state index in [1.54, 1.807) is 12.1 Å². The summed E-state index contributed by atoms with van der Waals surface area (Å²) in [5.41, 5.74) is 0.910. The third-order valence-corrected chi connectivity index (χ3v) is 3.90. The van der Waals surface area contributed by atoms with Crippen LogP contribution in [0, 0.1) is 0 Å². The summed E-state index contributed by atoms with van der Waals surface area (Å²) in [6, 6.07) is 5.99. The molecule has 0 aliphatic rings. The summed E-state index contributed by atoms with van der Waals surface area (Å²) in [4.78, 5) is -0.0159. The molecule has 1 aromatic rings. The minimum Gasteiger partial charge on any atom is -0.209 e. The molecule has 1 rings (SSSR count). The highest BCUT2D eigenvalue weighted by Gasteiger charge is 2.15. The molecule has 0 heterocycles. The highest BCUT2D eigenvalue weighted by atomic mass is 79.9. The first kappa shape index (κ1) is 13.5. The highest BCUT2D eigenvalue weighted by molar-refractivity contribution is 9.08. The van der Waals surface area contributed by atoms with Gasteiger partial charge >= 0.3 is 0 Å². The van der Waals surface area contributed by atoms with E-state index in [0.717, 1.165) is 5.56 Å². The number of alkyl halides is 3. The fourth-order valence-electron chi connectivity index (χ4n) is 1.01. The SMILES string of the molecule is O=S(=O)(NCC(F)F)c1ccc(CBr)cc1. The molecule has 7 heteroatoms. The molecule has 0 atom stereocenters. The van der Waals surface area contributed by atoms with Crippen LogP contribution in [0.4, 0.5) is 8.78 Å². The van der Waals surface area contributed by atoms with Gasteiger partial charge in [0.05, 0.1) is 11.4 Å². The molecule has 0 fully saturated rings. The molecule has 1 aromatic carbocycles. The zero-order valence-electron chi connectivity index (χ0n) is 8.16. The maximum absolute atomic E-state index is 11.9. The number of sulfonamides is 1. The molecule has 0 saturated carbocycles. The minimum atomic E-state index is -3.83. The second-order valence-electron chi connectivity index (χ2n) is 3.02. The monoisotopic (exact) mass is 313 g/mol. The maximum Gasteiger partial charge on any atom is 0.251 e. The molecule has 3 nitrogen and oxygen atoms in total. The van der Waals surface area contributed by atoms with Gasteiger partial charge in [-0.15, -0.1) is 0 Å². The average molecular weight is 314 g/mol. The van der Waals surface area contributed by atoms with Crippen LogP contribution in [0.3, 0.4) is 0 Å². The van der Waals surface area contributed by atoms with Crippen LogP contribution in [0.2, 0.25) is 0 Å². The average Bonchev–Trinajstić information content (AvgIpc) is 2.27. The molecule has 0 bridgehead atoms. The molecule has 16 heavy (non-hydrogen) atoms. The van der Waals surface area contributed by atoms with Crippen molar-refractivity contribution in [1.29, 1.82) is 0 Å². The second-order valence-corrected chi connectivity index (χ2v) is 5.35. The number of benzene rings is 1. The van der Waals surface area contributed by atoms with Crippen molar-refractivity contribution in [2.45, 2.75) is 16.7 Å². The number of rotatable bonds is 5. The maximum atomic E-state index is 11.9. The number of halogens is 3. The first-order valence-corrected chi connectivity index (χ1v) is 6.99. The normalized spacial score (nSPS) is 12.0. The van der Waals surface area contributed by atoms with Gasteiger partial charge in [-0.1, -0.05) is 28.1 Å². The van der Waals surface area contributed by atoms with E-state index in [4.69, 9.17) is 0 Å². The molecule has 90 valence electrons.